The van der Waals surface area contributed by atoms with Crippen LogP contribution in [0.15, 0.2) is 108 Å². The number of aromatic nitrogens is 1. The van der Waals surface area contributed by atoms with Crippen molar-refractivity contribution in [2.45, 2.75) is 23.5 Å². The predicted molar refractivity (Wildman–Crippen MR) is 169 cm³/mol. The summed E-state index contributed by atoms with van der Waals surface area (Å²) in [6, 6.07) is 26.3. The lowest BCUT2D eigenvalue weighted by Crippen LogP contribution is -2.30. The fourth-order valence-electron chi connectivity index (χ4n) is 4.03. The number of methoxy groups -OCH3 is 2. The number of nitrogens with one attached hydrogen (secondary N) is 3. The molecule has 1 unspecified atom stereocenters. The maximum Gasteiger partial charge on any atom is 0.272 e. The van der Waals surface area contributed by atoms with E-state index in [-0.39, 0.29) is 16.9 Å². The fourth-order valence-corrected chi connectivity index (χ4v) is 5.04. The Morgan fingerprint density at radius 3 is 2.37 bits per heavy atom. The smallest absolute Gasteiger partial charge is 0.272 e. The lowest BCUT2D eigenvalue weighted by atomic mass is 10.1. The number of ether oxygens (including phenoxy) is 2. The monoisotopic (exact) mass is 596 g/mol. The van der Waals surface area contributed by atoms with Crippen LogP contribution in [-0.4, -0.2) is 42.2 Å². The van der Waals surface area contributed by atoms with Crippen molar-refractivity contribution < 1.29 is 23.9 Å². The first-order valence-corrected chi connectivity index (χ1v) is 14.4. The van der Waals surface area contributed by atoms with E-state index in [0.717, 1.165) is 4.90 Å². The van der Waals surface area contributed by atoms with Gasteiger partial charge in [0.2, 0.25) is 5.91 Å². The molecule has 0 radical (unpaired) electrons. The second-order valence-corrected chi connectivity index (χ2v) is 10.5. The van der Waals surface area contributed by atoms with Crippen molar-refractivity contribution in [3.05, 3.63) is 114 Å². The number of hydrogen-bond acceptors (Lipinski definition) is 7. The Kier molecular flexibility index (Phi) is 10.9. The van der Waals surface area contributed by atoms with Crippen LogP contribution in [0.25, 0.3) is 6.08 Å². The van der Waals surface area contributed by atoms with Crippen LogP contribution < -0.4 is 25.4 Å². The number of hydrogen-bond donors (Lipinski definition) is 3. The Morgan fingerprint density at radius 2 is 1.67 bits per heavy atom. The molecule has 0 saturated heterocycles. The van der Waals surface area contributed by atoms with Crippen molar-refractivity contribution in [2.75, 3.05) is 24.9 Å². The molecular formula is C33H32N4O5S. The summed E-state index contributed by atoms with van der Waals surface area (Å²) in [5.41, 5.74) is 1.42. The zero-order chi connectivity index (χ0) is 30.6. The van der Waals surface area contributed by atoms with Gasteiger partial charge in [-0.15, -0.1) is 11.8 Å². The number of nitrogens with zero attached hydrogens (tertiary/aromatic N) is 1. The number of thioether (sulfide) groups is 1. The molecule has 43 heavy (non-hydrogen) atoms. The minimum absolute atomic E-state index is 0.000337. The Morgan fingerprint density at radius 1 is 0.884 bits per heavy atom. The average Bonchev–Trinajstić information content (AvgIpc) is 3.04. The van der Waals surface area contributed by atoms with Crippen LogP contribution >= 0.6 is 11.8 Å². The number of amides is 3. The van der Waals surface area contributed by atoms with Gasteiger partial charge >= 0.3 is 0 Å². The molecule has 3 amide bonds. The molecule has 3 N–H and O–H groups in total. The zero-order valence-corrected chi connectivity index (χ0v) is 24.8. The van der Waals surface area contributed by atoms with E-state index in [2.05, 4.69) is 20.9 Å². The lowest BCUT2D eigenvalue weighted by molar-refractivity contribution is -0.116. The number of carbonyl (C=O) groups is 3. The van der Waals surface area contributed by atoms with Crippen LogP contribution in [0.2, 0.25) is 0 Å². The molecule has 4 aromatic rings. The second kappa shape index (κ2) is 15.2. The third kappa shape index (κ3) is 8.70. The number of benzene rings is 3. The summed E-state index contributed by atoms with van der Waals surface area (Å²) in [5, 5.41) is 8.06. The van der Waals surface area contributed by atoms with Gasteiger partial charge in [0.15, 0.2) is 0 Å². The van der Waals surface area contributed by atoms with Gasteiger partial charge in [0.1, 0.15) is 23.0 Å². The van der Waals surface area contributed by atoms with E-state index < -0.39 is 11.8 Å². The SMILES string of the molecule is CCC(Sc1cccc(NC(=O)/C(=C\c2cc(OC)ccc2OC)NC(=O)c2ccccc2)c1)C(=O)Nc1ccccn1. The maximum absolute atomic E-state index is 13.6. The Bertz CT molecular complexity index is 1600. The molecular weight excluding hydrogens is 564 g/mol. The van der Waals surface area contributed by atoms with Gasteiger partial charge in [-0.3, -0.25) is 14.4 Å². The van der Waals surface area contributed by atoms with Crippen molar-refractivity contribution in [1.29, 1.82) is 0 Å². The van der Waals surface area contributed by atoms with Crippen molar-refractivity contribution in [3.8, 4) is 11.5 Å². The summed E-state index contributed by atoms with van der Waals surface area (Å²) in [5.74, 6) is 0.379. The zero-order valence-electron chi connectivity index (χ0n) is 24.0. The number of rotatable bonds is 12. The Labute approximate surface area is 254 Å². The van der Waals surface area contributed by atoms with Crippen LogP contribution in [0.4, 0.5) is 11.5 Å². The second-order valence-electron chi connectivity index (χ2n) is 9.19. The molecule has 0 fully saturated rings. The first kappa shape index (κ1) is 30.9. The van der Waals surface area contributed by atoms with Crippen LogP contribution in [0.5, 0.6) is 11.5 Å². The van der Waals surface area contributed by atoms with E-state index >= 15 is 0 Å². The predicted octanol–water partition coefficient (Wildman–Crippen LogP) is 6.02. The molecule has 4 rings (SSSR count). The van der Waals surface area contributed by atoms with Gasteiger partial charge in [0.05, 0.1) is 19.5 Å². The molecule has 1 aromatic heterocycles. The van der Waals surface area contributed by atoms with Crippen LogP contribution in [0, 0.1) is 0 Å². The lowest BCUT2D eigenvalue weighted by Gasteiger charge is -2.16. The maximum atomic E-state index is 13.6. The average molecular weight is 597 g/mol. The van der Waals surface area contributed by atoms with E-state index in [9.17, 15) is 14.4 Å². The summed E-state index contributed by atoms with van der Waals surface area (Å²) in [6.07, 6.45) is 3.73. The van der Waals surface area contributed by atoms with E-state index in [1.807, 2.05) is 13.0 Å². The number of carbonyl (C=O) groups excluding carboxylic acids is 3. The summed E-state index contributed by atoms with van der Waals surface area (Å²) in [7, 11) is 3.06. The molecule has 0 saturated carbocycles. The minimum atomic E-state index is -0.545. The highest BCUT2D eigenvalue weighted by Crippen LogP contribution is 2.29. The highest BCUT2D eigenvalue weighted by atomic mass is 32.2. The van der Waals surface area contributed by atoms with Gasteiger partial charge in [-0.1, -0.05) is 37.3 Å². The standard InChI is InChI=1S/C33H32N4O5S/c1-4-29(33(40)37-30-15-8-9-18-34-30)43-26-14-10-13-24(21-26)35-32(39)27(36-31(38)22-11-6-5-7-12-22)20-23-19-25(41-2)16-17-28(23)42-3/h5-21,29H,4H2,1-3H3,(H,35,39)(H,36,38)(H,34,37,40)/b27-20+. The fraction of sp³-hybridized carbons (Fsp3) is 0.152. The molecule has 0 bridgehead atoms. The minimum Gasteiger partial charge on any atom is -0.497 e. The van der Waals surface area contributed by atoms with Crippen molar-refractivity contribution in [3.63, 3.8) is 0 Å². The van der Waals surface area contributed by atoms with E-state index in [4.69, 9.17) is 9.47 Å². The first-order valence-electron chi connectivity index (χ1n) is 13.5. The van der Waals surface area contributed by atoms with Gasteiger partial charge in [-0.05, 0) is 73.2 Å². The highest BCUT2D eigenvalue weighted by molar-refractivity contribution is 8.00. The first-order chi connectivity index (χ1) is 20.9. The molecule has 0 aliphatic heterocycles. The van der Waals surface area contributed by atoms with Crippen molar-refractivity contribution >= 4 is 47.1 Å². The van der Waals surface area contributed by atoms with Crippen molar-refractivity contribution in [1.82, 2.24) is 10.3 Å². The molecule has 220 valence electrons. The molecule has 0 spiro atoms. The third-order valence-corrected chi connectivity index (χ3v) is 7.57. The molecule has 0 aliphatic carbocycles. The van der Waals surface area contributed by atoms with E-state index in [1.165, 1.54) is 32.1 Å². The Hall–Kier alpha value is -5.09. The van der Waals surface area contributed by atoms with Gasteiger partial charge < -0.3 is 25.4 Å². The number of anilines is 2. The van der Waals surface area contributed by atoms with Gasteiger partial charge in [-0.25, -0.2) is 4.98 Å². The topological polar surface area (TPSA) is 119 Å². The van der Waals surface area contributed by atoms with Crippen LogP contribution in [0.1, 0.15) is 29.3 Å². The van der Waals surface area contributed by atoms with Crippen LogP contribution in [0.3, 0.4) is 0 Å². The van der Waals surface area contributed by atoms with E-state index in [1.54, 1.807) is 91.1 Å². The third-order valence-electron chi connectivity index (χ3n) is 6.22. The summed E-state index contributed by atoms with van der Waals surface area (Å²) in [6.45, 7) is 1.93. The van der Waals surface area contributed by atoms with Gasteiger partial charge in [0.25, 0.3) is 11.8 Å². The van der Waals surface area contributed by atoms with E-state index in [0.29, 0.717) is 40.6 Å². The molecule has 1 atom stereocenters. The molecule has 0 aliphatic rings. The Balaban J connectivity index is 1.56. The molecule has 9 nitrogen and oxygen atoms in total. The van der Waals surface area contributed by atoms with Crippen molar-refractivity contribution in [2.24, 2.45) is 0 Å². The molecule has 3 aromatic carbocycles. The normalized spacial score (nSPS) is 11.7. The van der Waals surface area contributed by atoms with Gasteiger partial charge in [0, 0.05) is 27.9 Å². The molecule has 10 heteroatoms. The largest absolute Gasteiger partial charge is 0.497 e. The summed E-state index contributed by atoms with van der Waals surface area (Å²) in [4.78, 5) is 44.5. The van der Waals surface area contributed by atoms with Crippen LogP contribution in [-0.2, 0) is 9.59 Å². The quantitative estimate of drug-likeness (QED) is 0.135. The highest BCUT2D eigenvalue weighted by Gasteiger charge is 2.20. The molecule has 1 heterocycles. The summed E-state index contributed by atoms with van der Waals surface area (Å²) >= 11 is 1.38. The number of pyridine rings is 1. The summed E-state index contributed by atoms with van der Waals surface area (Å²) < 4.78 is 10.8. The van der Waals surface area contributed by atoms with Gasteiger partial charge in [-0.2, -0.15) is 0 Å².